The Labute approximate surface area is 233 Å². The quantitative estimate of drug-likeness (QED) is 0.325. The van der Waals surface area contributed by atoms with Gasteiger partial charge in [0, 0.05) is 35.1 Å². The first-order valence-electron chi connectivity index (χ1n) is 12.7. The summed E-state index contributed by atoms with van der Waals surface area (Å²) in [7, 11) is 1.61. The molecule has 0 bridgehead atoms. The number of likely N-dealkylation sites (tertiary alicyclic amines) is 1. The van der Waals surface area contributed by atoms with Gasteiger partial charge in [0.2, 0.25) is 0 Å². The number of pyridine rings is 1. The van der Waals surface area contributed by atoms with E-state index in [2.05, 4.69) is 21.7 Å². The molecule has 0 saturated carbocycles. The molecule has 0 amide bonds. The van der Waals surface area contributed by atoms with E-state index >= 15 is 0 Å². The molecule has 1 saturated heterocycles. The van der Waals surface area contributed by atoms with Crippen LogP contribution in [0.4, 0.5) is 0 Å². The number of hydrogen-bond acceptors (Lipinski definition) is 5. The number of aliphatic carboxylic acids is 1. The first-order chi connectivity index (χ1) is 18.2. The predicted molar refractivity (Wildman–Crippen MR) is 151 cm³/mol. The predicted octanol–water partition coefficient (Wildman–Crippen LogP) is 6.14. The molecule has 200 valence electrons. The van der Waals surface area contributed by atoms with E-state index in [0.29, 0.717) is 35.3 Å². The first-order valence-corrected chi connectivity index (χ1v) is 13.5. The molecule has 0 unspecified atom stereocenters. The van der Waals surface area contributed by atoms with E-state index in [9.17, 15) is 15.0 Å². The molecule has 1 aliphatic heterocycles. The molecule has 0 aliphatic carbocycles. The van der Waals surface area contributed by atoms with E-state index in [-0.39, 0.29) is 18.3 Å². The van der Waals surface area contributed by atoms with Crippen LogP contribution < -0.4 is 4.74 Å². The summed E-state index contributed by atoms with van der Waals surface area (Å²) in [6.07, 6.45) is 3.28. The van der Waals surface area contributed by atoms with Crippen LogP contribution in [0.25, 0.3) is 10.9 Å². The lowest BCUT2D eigenvalue weighted by Gasteiger charge is -2.37. The standard InChI is InChI=1S/C30H32Cl2N2O4/c1-19-14-22(31)16-27(32)24(19)4-3-12-34-13-10-20(21(18-34)15-30(36)37)5-8-29(35)25-9-11-33-28-7-6-23(38-2)17-26(25)28/h6-7,9,11,14,16-17,20-21,29,35H,5,8,10,12-13,15,18H2,1-2H3,(H,36,37)/t20-,21+,29+/m1/s1. The number of nitrogens with zero attached hydrogens (tertiary/aromatic N) is 2. The third-order valence-corrected chi connectivity index (χ3v) is 7.85. The molecule has 2 aromatic carbocycles. The molecule has 1 fully saturated rings. The van der Waals surface area contributed by atoms with Gasteiger partial charge in [-0.25, -0.2) is 0 Å². The van der Waals surface area contributed by atoms with Crippen molar-refractivity contribution in [3.05, 3.63) is 69.3 Å². The number of aryl methyl sites for hydroxylation is 1. The Kier molecular flexibility index (Phi) is 9.51. The summed E-state index contributed by atoms with van der Waals surface area (Å²) in [5.41, 5.74) is 3.31. The van der Waals surface area contributed by atoms with Crippen molar-refractivity contribution in [2.75, 3.05) is 26.7 Å². The van der Waals surface area contributed by atoms with Crippen LogP contribution in [-0.2, 0) is 4.79 Å². The maximum absolute atomic E-state index is 11.6. The van der Waals surface area contributed by atoms with Gasteiger partial charge >= 0.3 is 5.97 Å². The van der Waals surface area contributed by atoms with E-state index in [4.69, 9.17) is 27.9 Å². The van der Waals surface area contributed by atoms with Gasteiger partial charge in [-0.05, 0) is 92.1 Å². The maximum atomic E-state index is 11.6. The number of benzene rings is 2. The van der Waals surface area contributed by atoms with Crippen LogP contribution in [0.1, 0.15) is 48.5 Å². The number of carboxylic acid groups (broad SMARTS) is 1. The van der Waals surface area contributed by atoms with Gasteiger partial charge in [-0.3, -0.25) is 14.7 Å². The van der Waals surface area contributed by atoms with Gasteiger partial charge in [-0.2, -0.15) is 0 Å². The van der Waals surface area contributed by atoms with E-state index in [1.54, 1.807) is 19.4 Å². The second-order valence-corrected chi connectivity index (χ2v) is 10.7. The Morgan fingerprint density at radius 1 is 1.24 bits per heavy atom. The van der Waals surface area contributed by atoms with Crippen LogP contribution in [0, 0.1) is 30.6 Å². The number of hydrogen-bond donors (Lipinski definition) is 2. The van der Waals surface area contributed by atoms with E-state index in [0.717, 1.165) is 47.0 Å². The van der Waals surface area contributed by atoms with Crippen molar-refractivity contribution in [2.24, 2.45) is 11.8 Å². The van der Waals surface area contributed by atoms with Crippen LogP contribution in [0.5, 0.6) is 5.75 Å². The molecule has 8 heteroatoms. The largest absolute Gasteiger partial charge is 0.497 e. The molecule has 0 radical (unpaired) electrons. The topological polar surface area (TPSA) is 82.9 Å². The molecule has 6 nitrogen and oxygen atoms in total. The molecule has 3 atom stereocenters. The molecule has 4 rings (SSSR count). The highest BCUT2D eigenvalue weighted by Gasteiger charge is 2.31. The minimum absolute atomic E-state index is 0.00890. The summed E-state index contributed by atoms with van der Waals surface area (Å²) in [4.78, 5) is 18.2. The van der Waals surface area contributed by atoms with Crippen molar-refractivity contribution in [1.82, 2.24) is 9.88 Å². The lowest BCUT2D eigenvalue weighted by molar-refractivity contribution is -0.139. The average molecular weight is 556 g/mol. The molecule has 0 spiro atoms. The van der Waals surface area contributed by atoms with Crippen molar-refractivity contribution in [3.8, 4) is 17.6 Å². The van der Waals surface area contributed by atoms with Gasteiger partial charge < -0.3 is 14.9 Å². The number of carboxylic acids is 1. The lowest BCUT2D eigenvalue weighted by Crippen LogP contribution is -2.41. The second kappa shape index (κ2) is 12.8. The van der Waals surface area contributed by atoms with Crippen molar-refractivity contribution in [2.45, 2.75) is 38.7 Å². The van der Waals surface area contributed by atoms with Crippen LogP contribution in [0.2, 0.25) is 10.0 Å². The van der Waals surface area contributed by atoms with Gasteiger partial charge in [0.1, 0.15) is 5.75 Å². The molecule has 3 aromatic rings. The molecular formula is C30H32Cl2N2O4. The number of rotatable bonds is 8. The third kappa shape index (κ3) is 6.98. The molecule has 1 aliphatic rings. The average Bonchev–Trinajstić information content (AvgIpc) is 2.88. The van der Waals surface area contributed by atoms with E-state index in [1.807, 2.05) is 37.3 Å². The molecule has 38 heavy (non-hydrogen) atoms. The lowest BCUT2D eigenvalue weighted by atomic mass is 9.79. The van der Waals surface area contributed by atoms with Gasteiger partial charge in [-0.15, -0.1) is 0 Å². The Hall–Kier alpha value is -2.82. The Morgan fingerprint density at radius 3 is 2.79 bits per heavy atom. The summed E-state index contributed by atoms with van der Waals surface area (Å²) in [6.45, 7) is 3.95. The molecule has 2 heterocycles. The van der Waals surface area contributed by atoms with E-state index < -0.39 is 12.1 Å². The van der Waals surface area contributed by atoms with Crippen molar-refractivity contribution >= 4 is 40.1 Å². The number of aliphatic hydroxyl groups excluding tert-OH is 1. The minimum atomic E-state index is -0.802. The first kappa shape index (κ1) is 28.2. The SMILES string of the molecule is COc1ccc2nccc([C@@H](O)CC[C@@H]3CCN(CC#Cc4c(C)cc(Cl)cc4Cl)C[C@@H]3CC(=O)O)c2c1. The fourth-order valence-electron chi connectivity index (χ4n) is 5.33. The van der Waals surface area contributed by atoms with Crippen molar-refractivity contribution < 1.29 is 19.7 Å². The number of aromatic nitrogens is 1. The summed E-state index contributed by atoms with van der Waals surface area (Å²) < 4.78 is 5.35. The fraction of sp³-hybridized carbons (Fsp3) is 0.400. The van der Waals surface area contributed by atoms with Crippen molar-refractivity contribution in [1.29, 1.82) is 0 Å². The summed E-state index contributed by atoms with van der Waals surface area (Å²) in [5, 5.41) is 22.6. The highest BCUT2D eigenvalue weighted by Crippen LogP contribution is 2.34. The van der Waals surface area contributed by atoms with Crippen LogP contribution in [0.15, 0.2) is 42.6 Å². The Bertz CT molecular complexity index is 1340. The van der Waals surface area contributed by atoms with Gasteiger partial charge in [-0.1, -0.05) is 35.0 Å². The van der Waals surface area contributed by atoms with Crippen molar-refractivity contribution in [3.63, 3.8) is 0 Å². The van der Waals surface area contributed by atoms with Gasteiger partial charge in [0.05, 0.1) is 30.3 Å². The monoisotopic (exact) mass is 554 g/mol. The van der Waals surface area contributed by atoms with Crippen LogP contribution >= 0.6 is 23.2 Å². The molecular weight excluding hydrogens is 523 g/mol. The minimum Gasteiger partial charge on any atom is -0.497 e. The zero-order valence-electron chi connectivity index (χ0n) is 21.6. The maximum Gasteiger partial charge on any atom is 0.303 e. The Balaban J connectivity index is 1.40. The highest BCUT2D eigenvalue weighted by molar-refractivity contribution is 6.35. The van der Waals surface area contributed by atoms with Gasteiger partial charge in [0.25, 0.3) is 0 Å². The highest BCUT2D eigenvalue weighted by atomic mass is 35.5. The summed E-state index contributed by atoms with van der Waals surface area (Å²) in [5.74, 6) is 6.47. The number of ether oxygens (including phenoxy) is 1. The third-order valence-electron chi connectivity index (χ3n) is 7.33. The molecule has 1 aromatic heterocycles. The smallest absolute Gasteiger partial charge is 0.303 e. The number of piperidine rings is 1. The zero-order valence-corrected chi connectivity index (χ0v) is 23.1. The van der Waals surface area contributed by atoms with Crippen LogP contribution in [0.3, 0.4) is 0 Å². The summed E-state index contributed by atoms with van der Waals surface area (Å²) in [6, 6.07) is 11.0. The zero-order chi connectivity index (χ0) is 27.2. The fourth-order valence-corrected chi connectivity index (χ4v) is 5.97. The number of fused-ring (bicyclic) bond motifs is 1. The van der Waals surface area contributed by atoms with E-state index in [1.165, 1.54) is 0 Å². The molecule has 2 N–H and O–H groups in total. The summed E-state index contributed by atoms with van der Waals surface area (Å²) >= 11 is 12.4. The van der Waals surface area contributed by atoms with Crippen LogP contribution in [-0.4, -0.2) is 52.8 Å². The normalized spacial score (nSPS) is 18.6. The number of halogens is 2. The second-order valence-electron chi connectivity index (χ2n) is 9.90. The van der Waals surface area contributed by atoms with Gasteiger partial charge in [0.15, 0.2) is 0 Å². The number of carbonyl (C=O) groups is 1. The number of aliphatic hydroxyl groups is 1. The Morgan fingerprint density at radius 2 is 2.05 bits per heavy atom. The number of methoxy groups -OCH3 is 1.